The molecule has 6 rings (SSSR count). The van der Waals surface area contributed by atoms with Gasteiger partial charge in [-0.25, -0.2) is 0 Å². The van der Waals surface area contributed by atoms with E-state index in [4.69, 9.17) is 4.65 Å². The van der Waals surface area contributed by atoms with Gasteiger partial charge in [-0.05, 0) is 63.6 Å². The maximum Gasteiger partial charge on any atom is 0.362 e. The summed E-state index contributed by atoms with van der Waals surface area (Å²) in [4.78, 5) is 0. The van der Waals surface area contributed by atoms with Gasteiger partial charge in [0, 0.05) is 6.04 Å². The normalized spacial score (nSPS) is 21.4. The lowest BCUT2D eigenvalue weighted by Crippen LogP contribution is -2.47. The summed E-state index contributed by atoms with van der Waals surface area (Å²) in [5, 5.41) is 8.90. The maximum absolute atomic E-state index is 6.77. The minimum Gasteiger partial charge on any atom is -0.409 e. The molecule has 154 valence electrons. The van der Waals surface area contributed by atoms with E-state index in [9.17, 15) is 0 Å². The van der Waals surface area contributed by atoms with Crippen LogP contribution in [0.2, 0.25) is 0 Å². The molecule has 4 aromatic carbocycles. The molecule has 0 radical (unpaired) electrons. The summed E-state index contributed by atoms with van der Waals surface area (Å²) in [5.74, 6) is 0.634. The predicted octanol–water partition coefficient (Wildman–Crippen LogP) is 6.07. The van der Waals surface area contributed by atoms with Gasteiger partial charge in [0.25, 0.3) is 0 Å². The molecule has 1 N–H and O–H groups in total. The van der Waals surface area contributed by atoms with Crippen LogP contribution in [0.5, 0.6) is 0 Å². The Labute approximate surface area is 184 Å². The van der Waals surface area contributed by atoms with Crippen molar-refractivity contribution in [2.24, 2.45) is 5.92 Å². The highest BCUT2D eigenvalue weighted by molar-refractivity contribution is 6.25. The molecule has 1 unspecified atom stereocenters. The Morgan fingerprint density at radius 2 is 1.23 bits per heavy atom. The molecule has 3 heteroatoms. The van der Waals surface area contributed by atoms with Crippen molar-refractivity contribution in [1.29, 1.82) is 0 Å². The summed E-state index contributed by atoms with van der Waals surface area (Å²) in [6, 6.07) is 31.4. The van der Waals surface area contributed by atoms with Crippen LogP contribution in [0.25, 0.3) is 21.5 Å². The van der Waals surface area contributed by atoms with Gasteiger partial charge in [-0.1, -0.05) is 92.1 Å². The summed E-state index contributed by atoms with van der Waals surface area (Å²) >= 11 is 0. The Bertz CT molecular complexity index is 1150. The zero-order valence-corrected chi connectivity index (χ0v) is 17.9. The van der Waals surface area contributed by atoms with Crippen LogP contribution in [0.1, 0.15) is 43.2 Å². The van der Waals surface area contributed by atoms with Crippen LogP contribution < -0.4 is 5.23 Å². The second-order valence-electron chi connectivity index (χ2n) is 9.23. The highest BCUT2D eigenvalue weighted by Crippen LogP contribution is 2.46. The quantitative estimate of drug-likeness (QED) is 0.418. The lowest BCUT2D eigenvalue weighted by molar-refractivity contribution is 0.0807. The second-order valence-corrected chi connectivity index (χ2v) is 9.23. The van der Waals surface area contributed by atoms with E-state index in [-0.39, 0.29) is 6.04 Å². The molecule has 2 fully saturated rings. The smallest absolute Gasteiger partial charge is 0.362 e. The van der Waals surface area contributed by atoms with E-state index >= 15 is 0 Å². The van der Waals surface area contributed by atoms with Crippen LogP contribution in [0.15, 0.2) is 84.9 Å². The molecule has 1 aliphatic heterocycles. The van der Waals surface area contributed by atoms with E-state index in [0.29, 0.717) is 13.5 Å². The molecule has 1 saturated heterocycles. The van der Waals surface area contributed by atoms with Crippen LogP contribution in [-0.4, -0.2) is 13.7 Å². The van der Waals surface area contributed by atoms with E-state index in [0.717, 1.165) is 0 Å². The molecular weight excluding hydrogens is 377 g/mol. The van der Waals surface area contributed by atoms with Crippen molar-refractivity contribution in [1.82, 2.24) is 5.23 Å². The van der Waals surface area contributed by atoms with E-state index in [1.807, 2.05) is 0 Å². The second kappa shape index (κ2) is 7.82. The van der Waals surface area contributed by atoms with Crippen molar-refractivity contribution in [3.05, 3.63) is 96.1 Å². The highest BCUT2D eigenvalue weighted by Gasteiger charge is 2.50. The molecule has 1 atom stereocenters. The van der Waals surface area contributed by atoms with Crippen LogP contribution in [-0.2, 0) is 10.3 Å². The minimum absolute atomic E-state index is 0.287. The number of rotatable bonds is 3. The molecule has 2 nitrogen and oxygen atoms in total. The van der Waals surface area contributed by atoms with Crippen LogP contribution in [0.3, 0.4) is 0 Å². The average Bonchev–Trinajstić information content (AvgIpc) is 3.30. The zero-order chi connectivity index (χ0) is 20.7. The minimum atomic E-state index is -0.462. The molecule has 0 spiro atoms. The molecule has 1 saturated carbocycles. The Hall–Kier alpha value is -2.62. The topological polar surface area (TPSA) is 21.3 Å². The third kappa shape index (κ3) is 3.19. The van der Waals surface area contributed by atoms with Gasteiger partial charge in [0.05, 0.1) is 0 Å². The summed E-state index contributed by atoms with van der Waals surface area (Å²) in [5.41, 5.74) is 2.07. The van der Waals surface area contributed by atoms with Crippen molar-refractivity contribution in [2.45, 2.75) is 43.7 Å². The molecule has 4 aromatic rings. The van der Waals surface area contributed by atoms with E-state index in [1.165, 1.54) is 64.8 Å². The predicted molar refractivity (Wildman–Crippen MR) is 130 cm³/mol. The van der Waals surface area contributed by atoms with E-state index in [2.05, 4.69) is 90.2 Å². The fourth-order valence-electron chi connectivity index (χ4n) is 5.98. The average molecular weight is 405 g/mol. The first kappa shape index (κ1) is 19.1. The van der Waals surface area contributed by atoms with Crippen molar-refractivity contribution in [3.8, 4) is 0 Å². The molecule has 0 aromatic heterocycles. The first-order valence-corrected chi connectivity index (χ1v) is 11.7. The number of benzene rings is 4. The molecule has 2 aliphatic rings. The summed E-state index contributed by atoms with van der Waals surface area (Å²) in [7, 11) is 0.598. The van der Waals surface area contributed by atoms with Crippen LogP contribution in [0.4, 0.5) is 0 Å². The lowest BCUT2D eigenvalue weighted by atomic mass is 9.71. The fraction of sp³-hybridized carbons (Fsp3) is 0.286. The first-order valence-electron chi connectivity index (χ1n) is 11.7. The third-order valence-electron chi connectivity index (χ3n) is 7.52. The fourth-order valence-corrected chi connectivity index (χ4v) is 5.98. The monoisotopic (exact) mass is 405 g/mol. The molecule has 0 bridgehead atoms. The first-order chi connectivity index (χ1) is 15.3. The maximum atomic E-state index is 6.77. The standard InChI is InChI=1S/C28H28BNO/c1-2-10-22(11-3-1)27-28(31-29-30-27,25-16-14-20-8-4-6-12-23(20)18-25)26-17-15-21-9-5-7-13-24(21)19-26/h4-9,12-19,22,27,29-30H,1-3,10-11H2. The van der Waals surface area contributed by atoms with Gasteiger partial charge in [-0.3, -0.25) is 0 Å². The van der Waals surface area contributed by atoms with Gasteiger partial charge in [0.15, 0.2) is 0 Å². The van der Waals surface area contributed by atoms with Gasteiger partial charge in [0.2, 0.25) is 0 Å². The van der Waals surface area contributed by atoms with E-state index < -0.39 is 5.60 Å². The number of fused-ring (bicyclic) bond motifs is 2. The largest absolute Gasteiger partial charge is 0.409 e. The molecular formula is C28H28BNO. The van der Waals surface area contributed by atoms with Crippen molar-refractivity contribution in [3.63, 3.8) is 0 Å². The Balaban J connectivity index is 1.56. The zero-order valence-electron chi connectivity index (χ0n) is 17.9. The molecule has 1 heterocycles. The molecule has 0 amide bonds. The van der Waals surface area contributed by atoms with Crippen LogP contribution in [0, 0.1) is 5.92 Å². The Kier molecular flexibility index (Phi) is 4.82. The van der Waals surface area contributed by atoms with Crippen molar-refractivity contribution < 1.29 is 4.65 Å². The van der Waals surface area contributed by atoms with Crippen LogP contribution >= 0.6 is 0 Å². The van der Waals surface area contributed by atoms with Crippen molar-refractivity contribution in [2.75, 3.05) is 0 Å². The number of hydrogen-bond donors (Lipinski definition) is 1. The third-order valence-corrected chi connectivity index (χ3v) is 7.52. The summed E-state index contributed by atoms with van der Waals surface area (Å²) in [6.45, 7) is 0. The van der Waals surface area contributed by atoms with Gasteiger partial charge in [-0.2, -0.15) is 0 Å². The van der Waals surface area contributed by atoms with Gasteiger partial charge >= 0.3 is 7.62 Å². The number of hydrogen-bond acceptors (Lipinski definition) is 2. The van der Waals surface area contributed by atoms with Gasteiger partial charge in [0.1, 0.15) is 5.60 Å². The van der Waals surface area contributed by atoms with Crippen molar-refractivity contribution >= 4 is 29.2 Å². The van der Waals surface area contributed by atoms with E-state index in [1.54, 1.807) is 0 Å². The van der Waals surface area contributed by atoms with Gasteiger partial charge in [-0.15, -0.1) is 0 Å². The van der Waals surface area contributed by atoms with Gasteiger partial charge < -0.3 is 9.88 Å². The number of nitrogens with one attached hydrogen (secondary N) is 1. The lowest BCUT2D eigenvalue weighted by Gasteiger charge is -2.41. The Morgan fingerprint density at radius 1 is 0.677 bits per heavy atom. The SMILES string of the molecule is B1NC(C2CCCCC2)C(c2ccc3ccccc3c2)(c2ccc3ccccc3c2)O1. The Morgan fingerprint density at radius 3 is 1.81 bits per heavy atom. The summed E-state index contributed by atoms with van der Waals surface area (Å²) in [6.07, 6.45) is 6.58. The molecule has 31 heavy (non-hydrogen) atoms. The highest BCUT2D eigenvalue weighted by atomic mass is 16.5. The molecule has 1 aliphatic carbocycles. The summed E-state index contributed by atoms with van der Waals surface area (Å²) < 4.78 is 6.77.